The smallest absolute Gasteiger partial charge is 0.338 e. The van der Waals surface area contributed by atoms with Gasteiger partial charge in [-0.05, 0) is 43.8 Å². The molecule has 1 heterocycles. The van der Waals surface area contributed by atoms with Gasteiger partial charge in [0.25, 0.3) is 0 Å². The highest BCUT2D eigenvalue weighted by Crippen LogP contribution is 2.32. The molecule has 2 N–H and O–H groups in total. The van der Waals surface area contributed by atoms with Gasteiger partial charge in [0.15, 0.2) is 5.11 Å². The first-order valence-corrected chi connectivity index (χ1v) is 9.68. The summed E-state index contributed by atoms with van der Waals surface area (Å²) in [6.07, 6.45) is 0.386. The molecule has 0 bridgehead atoms. The molecule has 1 atom stereocenters. The van der Waals surface area contributed by atoms with Crippen LogP contribution in [0.15, 0.2) is 35.5 Å². The van der Waals surface area contributed by atoms with E-state index in [4.69, 9.17) is 21.7 Å². The minimum absolute atomic E-state index is 0.0765. The monoisotopic (exact) mass is 405 g/mol. The zero-order valence-electron chi connectivity index (χ0n) is 16.7. The van der Waals surface area contributed by atoms with Crippen LogP contribution in [0.3, 0.4) is 0 Å². The summed E-state index contributed by atoms with van der Waals surface area (Å²) in [6, 6.07) is 6.90. The number of carbonyl (C=O) groups excluding carboxylic acids is 2. The van der Waals surface area contributed by atoms with Gasteiger partial charge < -0.3 is 25.0 Å². The molecule has 28 heavy (non-hydrogen) atoms. The molecule has 1 aliphatic heterocycles. The minimum Gasteiger partial charge on any atom is -0.460 e. The van der Waals surface area contributed by atoms with E-state index in [0.29, 0.717) is 35.9 Å². The fourth-order valence-electron chi connectivity index (χ4n) is 3.02. The van der Waals surface area contributed by atoms with E-state index in [-0.39, 0.29) is 12.5 Å². The molecule has 1 unspecified atom stereocenters. The first kappa shape index (κ1) is 21.8. The molecule has 0 saturated carbocycles. The van der Waals surface area contributed by atoms with Crippen LogP contribution >= 0.6 is 12.2 Å². The molecule has 1 aromatic carbocycles. The number of rotatable bonds is 8. The maximum atomic E-state index is 12.8. The summed E-state index contributed by atoms with van der Waals surface area (Å²) >= 11 is 5.49. The largest absolute Gasteiger partial charge is 0.460 e. The first-order valence-electron chi connectivity index (χ1n) is 9.27. The maximum Gasteiger partial charge on any atom is 0.338 e. The minimum atomic E-state index is -0.469. The number of methoxy groups -OCH3 is 1. The number of thiocarbonyl (C=S) groups is 1. The Morgan fingerprint density at radius 1 is 1.29 bits per heavy atom. The fraction of sp³-hybridized carbons (Fsp3) is 0.450. The molecule has 0 saturated heterocycles. The Balaban J connectivity index is 2.40. The standard InChI is InChI=1S/C20H27N3O4S/c1-5-16(24)21-15-9-7-8-14(12-15)18-17(19(25)27-11-10-26-4)13(3)23(6-2)20(28)22-18/h7-9,12,18H,5-6,10-11H2,1-4H3,(H,21,24)(H,22,28). The van der Waals surface area contributed by atoms with E-state index in [9.17, 15) is 9.59 Å². The van der Waals surface area contributed by atoms with Crippen molar-refractivity contribution in [1.82, 2.24) is 10.2 Å². The number of amides is 1. The molecule has 0 aromatic heterocycles. The summed E-state index contributed by atoms with van der Waals surface area (Å²) in [5.74, 6) is -0.497. The number of hydrogen-bond acceptors (Lipinski definition) is 5. The lowest BCUT2D eigenvalue weighted by Crippen LogP contribution is -2.47. The fourth-order valence-corrected chi connectivity index (χ4v) is 3.40. The molecule has 0 spiro atoms. The highest BCUT2D eigenvalue weighted by molar-refractivity contribution is 7.80. The number of benzene rings is 1. The van der Waals surface area contributed by atoms with Crippen molar-refractivity contribution in [2.45, 2.75) is 33.2 Å². The average Bonchev–Trinajstić information content (AvgIpc) is 2.68. The first-order chi connectivity index (χ1) is 13.4. The van der Waals surface area contributed by atoms with E-state index in [1.54, 1.807) is 14.0 Å². The lowest BCUT2D eigenvalue weighted by molar-refractivity contribution is -0.140. The molecule has 1 aromatic rings. The van der Waals surface area contributed by atoms with Crippen molar-refractivity contribution in [3.63, 3.8) is 0 Å². The van der Waals surface area contributed by atoms with E-state index >= 15 is 0 Å². The molecule has 1 amide bonds. The Hall–Kier alpha value is -2.45. The van der Waals surface area contributed by atoms with Gasteiger partial charge >= 0.3 is 5.97 Å². The van der Waals surface area contributed by atoms with E-state index in [0.717, 1.165) is 11.3 Å². The SMILES string of the molecule is CCC(=O)Nc1cccc(C2NC(=S)N(CC)C(C)=C2C(=O)OCCOC)c1. The van der Waals surface area contributed by atoms with Gasteiger partial charge in [0, 0.05) is 31.5 Å². The molecule has 0 aliphatic carbocycles. The van der Waals surface area contributed by atoms with E-state index in [1.165, 1.54) is 0 Å². The molecule has 8 heteroatoms. The van der Waals surface area contributed by atoms with Gasteiger partial charge in [-0.25, -0.2) is 4.79 Å². The third-order valence-corrected chi connectivity index (χ3v) is 4.82. The Bertz CT molecular complexity index is 778. The van der Waals surface area contributed by atoms with Crippen molar-refractivity contribution in [3.05, 3.63) is 41.1 Å². The lowest BCUT2D eigenvalue weighted by atomic mass is 9.94. The third-order valence-electron chi connectivity index (χ3n) is 4.48. The van der Waals surface area contributed by atoms with Crippen molar-refractivity contribution >= 4 is 34.9 Å². The average molecular weight is 406 g/mol. The lowest BCUT2D eigenvalue weighted by Gasteiger charge is -2.37. The number of hydrogen-bond donors (Lipinski definition) is 2. The summed E-state index contributed by atoms with van der Waals surface area (Å²) in [5.41, 5.74) is 2.72. The van der Waals surface area contributed by atoms with Crippen LogP contribution in [0.1, 0.15) is 38.8 Å². The molecular formula is C20H27N3O4S. The molecule has 7 nitrogen and oxygen atoms in total. The Kier molecular flexibility index (Phi) is 7.95. The number of ether oxygens (including phenoxy) is 2. The third kappa shape index (κ3) is 5.08. The molecule has 2 rings (SSSR count). The van der Waals surface area contributed by atoms with Crippen LogP contribution in [0.25, 0.3) is 0 Å². The van der Waals surface area contributed by atoms with E-state index < -0.39 is 12.0 Å². The van der Waals surface area contributed by atoms with Gasteiger partial charge in [0.1, 0.15) is 6.61 Å². The molecule has 1 aliphatic rings. The summed E-state index contributed by atoms with van der Waals surface area (Å²) < 4.78 is 10.3. The van der Waals surface area contributed by atoms with Gasteiger partial charge in [-0.2, -0.15) is 0 Å². The number of nitrogens with zero attached hydrogens (tertiary/aromatic N) is 1. The van der Waals surface area contributed by atoms with Crippen LogP contribution in [-0.4, -0.2) is 48.8 Å². The summed E-state index contributed by atoms with van der Waals surface area (Å²) in [5, 5.41) is 6.62. The number of carbonyl (C=O) groups is 2. The Morgan fingerprint density at radius 3 is 2.68 bits per heavy atom. The normalized spacial score (nSPS) is 16.6. The van der Waals surface area contributed by atoms with Crippen LogP contribution in [0.5, 0.6) is 0 Å². The van der Waals surface area contributed by atoms with Crippen LogP contribution in [0.2, 0.25) is 0 Å². The second-order valence-electron chi connectivity index (χ2n) is 6.28. The molecule has 0 radical (unpaired) electrons. The van der Waals surface area contributed by atoms with Crippen molar-refractivity contribution in [3.8, 4) is 0 Å². The van der Waals surface area contributed by atoms with Gasteiger partial charge in [-0.1, -0.05) is 19.1 Å². The summed E-state index contributed by atoms with van der Waals surface area (Å²) in [7, 11) is 1.55. The van der Waals surface area contributed by atoms with E-state index in [2.05, 4.69) is 10.6 Å². The van der Waals surface area contributed by atoms with Crippen molar-refractivity contribution in [2.75, 3.05) is 32.2 Å². The highest BCUT2D eigenvalue weighted by atomic mass is 32.1. The predicted octanol–water partition coefficient (Wildman–Crippen LogP) is 2.75. The number of esters is 1. The van der Waals surface area contributed by atoms with Crippen LogP contribution in [-0.2, 0) is 19.1 Å². The number of anilines is 1. The van der Waals surface area contributed by atoms with Crippen molar-refractivity contribution < 1.29 is 19.1 Å². The van der Waals surface area contributed by atoms with Gasteiger partial charge in [0.2, 0.25) is 5.91 Å². The highest BCUT2D eigenvalue weighted by Gasteiger charge is 2.34. The van der Waals surface area contributed by atoms with E-state index in [1.807, 2.05) is 43.0 Å². The zero-order valence-corrected chi connectivity index (χ0v) is 17.5. The quantitative estimate of drug-likeness (QED) is 0.391. The second-order valence-corrected chi connectivity index (χ2v) is 6.67. The summed E-state index contributed by atoms with van der Waals surface area (Å²) in [4.78, 5) is 26.4. The van der Waals surface area contributed by atoms with Crippen molar-refractivity contribution in [1.29, 1.82) is 0 Å². The second kappa shape index (κ2) is 10.2. The zero-order chi connectivity index (χ0) is 20.7. The Morgan fingerprint density at radius 2 is 2.04 bits per heavy atom. The van der Waals surface area contributed by atoms with Crippen LogP contribution in [0, 0.1) is 0 Å². The predicted molar refractivity (Wildman–Crippen MR) is 112 cm³/mol. The van der Waals surface area contributed by atoms with Crippen LogP contribution in [0.4, 0.5) is 5.69 Å². The van der Waals surface area contributed by atoms with Gasteiger partial charge in [0.05, 0.1) is 18.2 Å². The topological polar surface area (TPSA) is 79.9 Å². The summed E-state index contributed by atoms with van der Waals surface area (Å²) in [6.45, 7) is 6.74. The number of allylic oxidation sites excluding steroid dienone is 1. The van der Waals surface area contributed by atoms with Gasteiger partial charge in [-0.15, -0.1) is 0 Å². The Labute approximate surface area is 171 Å². The van der Waals surface area contributed by atoms with Crippen LogP contribution < -0.4 is 10.6 Å². The number of nitrogens with one attached hydrogen (secondary N) is 2. The maximum absolute atomic E-state index is 12.8. The van der Waals surface area contributed by atoms with Gasteiger partial charge in [-0.3, -0.25) is 4.79 Å². The van der Waals surface area contributed by atoms with Crippen molar-refractivity contribution in [2.24, 2.45) is 0 Å². The molecule has 0 fully saturated rings. The molecule has 152 valence electrons. The molecular weight excluding hydrogens is 378 g/mol.